The van der Waals surface area contributed by atoms with Gasteiger partial charge in [-0.2, -0.15) is 8.78 Å². The summed E-state index contributed by atoms with van der Waals surface area (Å²) < 4.78 is 32.9. The predicted molar refractivity (Wildman–Crippen MR) is 112 cm³/mol. The van der Waals surface area contributed by atoms with Gasteiger partial charge in [0.1, 0.15) is 5.69 Å². The highest BCUT2D eigenvalue weighted by molar-refractivity contribution is 7.22. The van der Waals surface area contributed by atoms with Crippen molar-refractivity contribution in [3.63, 3.8) is 0 Å². The number of nitrogen functional groups attached to an aromatic ring is 1. The number of hydrogen-bond acceptors (Lipinski definition) is 8. The lowest BCUT2D eigenvalue weighted by atomic mass is 10.1. The van der Waals surface area contributed by atoms with E-state index in [9.17, 15) is 8.78 Å². The molecule has 0 unspecified atom stereocenters. The van der Waals surface area contributed by atoms with Crippen LogP contribution in [-0.2, 0) is 6.54 Å². The van der Waals surface area contributed by atoms with Crippen LogP contribution >= 0.6 is 22.9 Å². The molecular formula is C19H12ClF2N7OS. The van der Waals surface area contributed by atoms with Gasteiger partial charge in [-0.15, -0.1) is 15.3 Å². The summed E-state index contributed by atoms with van der Waals surface area (Å²) in [5, 5.41) is 16.3. The Hall–Kier alpha value is -3.44. The number of halogens is 3. The van der Waals surface area contributed by atoms with E-state index in [0.29, 0.717) is 28.0 Å². The van der Waals surface area contributed by atoms with Crippen molar-refractivity contribution in [1.29, 1.82) is 0 Å². The monoisotopic (exact) mass is 459 g/mol. The molecule has 2 aromatic carbocycles. The lowest BCUT2D eigenvalue weighted by molar-refractivity contribution is 0.116. The van der Waals surface area contributed by atoms with Crippen LogP contribution in [0.2, 0.25) is 5.02 Å². The third-order valence-corrected chi connectivity index (χ3v) is 5.70. The van der Waals surface area contributed by atoms with Gasteiger partial charge in [-0.25, -0.2) is 9.67 Å². The number of aromatic nitrogens is 6. The van der Waals surface area contributed by atoms with Gasteiger partial charge in [0.15, 0.2) is 5.13 Å². The number of fused-ring (bicyclic) bond motifs is 1. The number of nitrogens with two attached hydrogens (primary N) is 1. The molecule has 0 aliphatic carbocycles. The van der Waals surface area contributed by atoms with Gasteiger partial charge in [-0.1, -0.05) is 40.3 Å². The molecule has 0 aliphatic heterocycles. The van der Waals surface area contributed by atoms with E-state index in [4.69, 9.17) is 21.8 Å². The first kappa shape index (κ1) is 19.5. The van der Waals surface area contributed by atoms with Crippen LogP contribution in [0.15, 0.2) is 47.0 Å². The molecule has 0 saturated heterocycles. The minimum Gasteiger partial charge on any atom is -0.415 e. The molecule has 0 saturated carbocycles. The second kappa shape index (κ2) is 7.67. The van der Waals surface area contributed by atoms with Crippen LogP contribution in [0.25, 0.3) is 32.9 Å². The van der Waals surface area contributed by atoms with Gasteiger partial charge in [0.25, 0.3) is 5.89 Å². The van der Waals surface area contributed by atoms with E-state index >= 15 is 0 Å². The van der Waals surface area contributed by atoms with E-state index in [1.54, 1.807) is 22.9 Å². The maximum absolute atomic E-state index is 12.6. The topological polar surface area (TPSA) is 109 Å². The predicted octanol–water partition coefficient (Wildman–Crippen LogP) is 4.83. The molecule has 0 bridgehead atoms. The number of alkyl halides is 2. The molecule has 31 heavy (non-hydrogen) atoms. The Bertz CT molecular complexity index is 1400. The molecule has 0 spiro atoms. The molecule has 0 radical (unpaired) electrons. The highest BCUT2D eigenvalue weighted by Gasteiger charge is 2.18. The highest BCUT2D eigenvalue weighted by atomic mass is 35.5. The second-order valence-corrected chi connectivity index (χ2v) is 8.06. The fourth-order valence-corrected chi connectivity index (χ4v) is 4.05. The molecule has 156 valence electrons. The lowest BCUT2D eigenvalue weighted by Gasteiger charge is -2.05. The maximum atomic E-state index is 12.6. The summed E-state index contributed by atoms with van der Waals surface area (Å²) in [5.41, 5.74) is 9.41. The minimum atomic E-state index is -2.83. The Labute approximate surface area is 182 Å². The molecule has 12 heteroatoms. The molecule has 0 atom stereocenters. The van der Waals surface area contributed by atoms with Crippen LogP contribution in [-0.4, -0.2) is 30.2 Å². The number of nitrogens with zero attached hydrogens (tertiary/aromatic N) is 6. The molecule has 3 heterocycles. The van der Waals surface area contributed by atoms with Crippen LogP contribution < -0.4 is 5.73 Å². The zero-order chi connectivity index (χ0) is 21.5. The lowest BCUT2D eigenvalue weighted by Crippen LogP contribution is -2.01. The highest BCUT2D eigenvalue weighted by Crippen LogP contribution is 2.29. The molecule has 2 N–H and O–H groups in total. The molecule has 5 rings (SSSR count). The maximum Gasteiger partial charge on any atom is 0.314 e. The van der Waals surface area contributed by atoms with Crippen LogP contribution in [0.3, 0.4) is 0 Å². The zero-order valence-electron chi connectivity index (χ0n) is 15.5. The number of hydrogen-bond donors (Lipinski definition) is 1. The first-order chi connectivity index (χ1) is 15.0. The van der Waals surface area contributed by atoms with E-state index in [2.05, 4.69) is 25.5 Å². The average molecular weight is 460 g/mol. The largest absolute Gasteiger partial charge is 0.415 e. The van der Waals surface area contributed by atoms with Crippen molar-refractivity contribution in [3.05, 3.63) is 59.1 Å². The fraction of sp³-hybridized carbons (Fsp3) is 0.105. The Morgan fingerprint density at radius 3 is 2.71 bits per heavy atom. The Kier molecular flexibility index (Phi) is 4.83. The summed E-state index contributed by atoms with van der Waals surface area (Å²) in [6.07, 6.45) is -1.02. The van der Waals surface area contributed by atoms with E-state index < -0.39 is 12.3 Å². The van der Waals surface area contributed by atoms with E-state index in [0.717, 1.165) is 21.3 Å². The Morgan fingerprint density at radius 2 is 1.94 bits per heavy atom. The second-order valence-electron chi connectivity index (χ2n) is 6.59. The Balaban J connectivity index is 1.36. The minimum absolute atomic E-state index is 0.0223. The number of thiazole rings is 1. The van der Waals surface area contributed by atoms with Crippen molar-refractivity contribution >= 4 is 38.3 Å². The van der Waals surface area contributed by atoms with Crippen molar-refractivity contribution in [2.45, 2.75) is 13.0 Å². The van der Waals surface area contributed by atoms with Gasteiger partial charge < -0.3 is 10.2 Å². The third kappa shape index (κ3) is 3.84. The number of anilines is 1. The van der Waals surface area contributed by atoms with Gasteiger partial charge >= 0.3 is 6.43 Å². The van der Waals surface area contributed by atoms with Gasteiger partial charge in [-0.3, -0.25) is 0 Å². The van der Waals surface area contributed by atoms with Gasteiger partial charge in [0.05, 0.1) is 23.0 Å². The van der Waals surface area contributed by atoms with Crippen molar-refractivity contribution < 1.29 is 13.2 Å². The average Bonchev–Trinajstić information content (AvgIpc) is 3.47. The SMILES string of the molecule is Nc1nc2ccc(-c3cn(Cc4ccc(-c5nnc(C(F)F)o5)cc4Cl)nn3)cc2s1. The summed E-state index contributed by atoms with van der Waals surface area (Å²) in [7, 11) is 0. The fourth-order valence-electron chi connectivity index (χ4n) is 3.03. The first-order valence-electron chi connectivity index (χ1n) is 8.93. The quantitative estimate of drug-likeness (QED) is 0.401. The molecule has 0 aliphatic rings. The van der Waals surface area contributed by atoms with Crippen LogP contribution in [0.5, 0.6) is 0 Å². The van der Waals surface area contributed by atoms with E-state index in [-0.39, 0.29) is 5.89 Å². The van der Waals surface area contributed by atoms with Crippen molar-refractivity contribution in [2.24, 2.45) is 0 Å². The smallest absolute Gasteiger partial charge is 0.314 e. The molecular weight excluding hydrogens is 448 g/mol. The van der Waals surface area contributed by atoms with Gasteiger partial charge in [-0.05, 0) is 29.8 Å². The third-order valence-electron chi connectivity index (χ3n) is 4.50. The van der Waals surface area contributed by atoms with Crippen LogP contribution in [0, 0.1) is 0 Å². The summed E-state index contributed by atoms with van der Waals surface area (Å²) in [5.74, 6) is -0.754. The van der Waals surface area contributed by atoms with Crippen LogP contribution in [0.4, 0.5) is 13.9 Å². The standard InChI is InChI=1S/C19H12ClF2N7OS/c20-12-5-10(17-26-27-18(30-17)16(21)22)1-2-11(12)7-29-8-14(25-28-29)9-3-4-13-15(6-9)31-19(23)24-13/h1-6,8,16H,7H2,(H2,23,24). The summed E-state index contributed by atoms with van der Waals surface area (Å²) >= 11 is 7.78. The summed E-state index contributed by atoms with van der Waals surface area (Å²) in [6, 6.07) is 10.8. The summed E-state index contributed by atoms with van der Waals surface area (Å²) in [4.78, 5) is 4.25. The van der Waals surface area contributed by atoms with Crippen molar-refractivity contribution in [3.8, 4) is 22.7 Å². The zero-order valence-corrected chi connectivity index (χ0v) is 17.1. The normalized spacial score (nSPS) is 11.6. The van der Waals surface area contributed by atoms with Crippen molar-refractivity contribution in [2.75, 3.05) is 5.73 Å². The summed E-state index contributed by atoms with van der Waals surface area (Å²) in [6.45, 7) is 0.369. The van der Waals surface area contributed by atoms with Gasteiger partial charge in [0.2, 0.25) is 5.89 Å². The van der Waals surface area contributed by atoms with Gasteiger partial charge in [0, 0.05) is 16.1 Å². The van der Waals surface area contributed by atoms with Crippen LogP contribution in [0.1, 0.15) is 17.9 Å². The number of benzene rings is 2. The van der Waals surface area contributed by atoms with Crippen molar-refractivity contribution in [1.82, 2.24) is 30.2 Å². The molecule has 8 nitrogen and oxygen atoms in total. The molecule has 5 aromatic rings. The Morgan fingerprint density at radius 1 is 1.10 bits per heavy atom. The van der Waals surface area contributed by atoms with E-state index in [1.807, 2.05) is 24.4 Å². The molecule has 0 amide bonds. The van der Waals surface area contributed by atoms with E-state index in [1.165, 1.54) is 11.3 Å². The number of rotatable bonds is 5. The molecule has 3 aromatic heterocycles. The first-order valence-corrected chi connectivity index (χ1v) is 10.1. The molecule has 0 fully saturated rings.